The maximum Gasteiger partial charge on any atom is 0.250 e. The summed E-state index contributed by atoms with van der Waals surface area (Å²) in [7, 11) is -3.07. The molecule has 0 atom stereocenters. The standard InChI is InChI=1S/C17H20NO2P/c1-17(2,3)20-14-18-21(19,15-10-6-4-7-11-15)16-12-8-5-9-13-16/h4-14H,1-3H3/b18-14-. The van der Waals surface area contributed by atoms with E-state index >= 15 is 0 Å². The Labute approximate surface area is 126 Å². The average Bonchev–Trinajstić information content (AvgIpc) is 2.47. The van der Waals surface area contributed by atoms with Crippen LogP contribution in [0.25, 0.3) is 0 Å². The smallest absolute Gasteiger partial charge is 0.250 e. The Kier molecular flexibility index (Phi) is 4.64. The topological polar surface area (TPSA) is 38.7 Å². The first kappa shape index (κ1) is 15.5. The summed E-state index contributed by atoms with van der Waals surface area (Å²) < 4.78 is 23.2. The predicted octanol–water partition coefficient (Wildman–Crippen LogP) is 3.76. The summed E-state index contributed by atoms with van der Waals surface area (Å²) >= 11 is 0. The fourth-order valence-corrected chi connectivity index (χ4v) is 3.69. The second-order valence-electron chi connectivity index (χ2n) is 5.70. The Morgan fingerprint density at radius 1 is 0.905 bits per heavy atom. The molecule has 2 rings (SSSR count). The summed E-state index contributed by atoms with van der Waals surface area (Å²) in [6, 6.07) is 18.6. The van der Waals surface area contributed by atoms with Crippen molar-refractivity contribution in [1.82, 2.24) is 0 Å². The van der Waals surface area contributed by atoms with Crippen molar-refractivity contribution in [2.45, 2.75) is 26.4 Å². The third kappa shape index (κ3) is 4.05. The zero-order valence-electron chi connectivity index (χ0n) is 12.6. The lowest BCUT2D eigenvalue weighted by molar-refractivity contribution is 0.127. The van der Waals surface area contributed by atoms with Crippen molar-refractivity contribution >= 4 is 24.3 Å². The average molecular weight is 301 g/mol. The van der Waals surface area contributed by atoms with Crippen LogP contribution in [0.15, 0.2) is 65.4 Å². The molecule has 21 heavy (non-hydrogen) atoms. The van der Waals surface area contributed by atoms with Crippen LogP contribution in [0, 0.1) is 0 Å². The van der Waals surface area contributed by atoms with Crippen molar-refractivity contribution < 1.29 is 9.30 Å². The second-order valence-corrected chi connectivity index (χ2v) is 8.11. The van der Waals surface area contributed by atoms with Gasteiger partial charge < -0.3 is 4.74 Å². The van der Waals surface area contributed by atoms with E-state index in [2.05, 4.69) is 4.76 Å². The molecule has 110 valence electrons. The maximum absolute atomic E-state index is 13.4. The van der Waals surface area contributed by atoms with Crippen LogP contribution in [-0.4, -0.2) is 12.0 Å². The van der Waals surface area contributed by atoms with Crippen molar-refractivity contribution in [1.29, 1.82) is 0 Å². The summed E-state index contributed by atoms with van der Waals surface area (Å²) in [4.78, 5) is 0. The summed E-state index contributed by atoms with van der Waals surface area (Å²) in [5.74, 6) is 0. The monoisotopic (exact) mass is 301 g/mol. The Bertz CT molecular complexity index is 602. The number of nitrogens with zero attached hydrogens (tertiary/aromatic N) is 1. The van der Waals surface area contributed by atoms with E-state index in [9.17, 15) is 4.57 Å². The molecule has 0 aliphatic carbocycles. The molecule has 0 unspecified atom stereocenters. The summed E-state index contributed by atoms with van der Waals surface area (Å²) in [6.07, 6.45) is 1.32. The van der Waals surface area contributed by atoms with Gasteiger partial charge in [-0.3, -0.25) is 4.57 Å². The predicted molar refractivity (Wildman–Crippen MR) is 89.1 cm³/mol. The van der Waals surface area contributed by atoms with E-state index in [0.29, 0.717) is 10.6 Å². The van der Waals surface area contributed by atoms with Crippen LogP contribution in [0.1, 0.15) is 20.8 Å². The van der Waals surface area contributed by atoms with Crippen molar-refractivity contribution in [2.24, 2.45) is 4.76 Å². The molecule has 0 N–H and O–H groups in total. The SMILES string of the molecule is CC(C)(C)O/C=N\P(=O)(c1ccccc1)c1ccccc1. The first-order valence-corrected chi connectivity index (χ1v) is 8.51. The Morgan fingerprint density at radius 3 is 1.71 bits per heavy atom. The van der Waals surface area contributed by atoms with E-state index < -0.39 is 7.29 Å². The molecule has 0 aliphatic rings. The molecule has 0 heterocycles. The van der Waals surface area contributed by atoms with E-state index in [4.69, 9.17) is 4.74 Å². The lowest BCUT2D eigenvalue weighted by atomic mass is 10.2. The van der Waals surface area contributed by atoms with Crippen LogP contribution >= 0.6 is 7.29 Å². The van der Waals surface area contributed by atoms with E-state index in [1.54, 1.807) is 0 Å². The van der Waals surface area contributed by atoms with E-state index in [-0.39, 0.29) is 5.60 Å². The van der Waals surface area contributed by atoms with Gasteiger partial charge in [0.25, 0.3) is 0 Å². The van der Waals surface area contributed by atoms with E-state index in [1.165, 1.54) is 6.40 Å². The highest BCUT2D eigenvalue weighted by Gasteiger charge is 2.26. The summed E-state index contributed by atoms with van der Waals surface area (Å²) in [5.41, 5.74) is -0.359. The molecule has 0 aliphatic heterocycles. The van der Waals surface area contributed by atoms with Gasteiger partial charge in [0.05, 0.1) is 0 Å². The number of hydrogen-bond acceptors (Lipinski definition) is 2. The molecule has 2 aromatic carbocycles. The van der Waals surface area contributed by atoms with Gasteiger partial charge in [-0.25, -0.2) is 0 Å². The number of rotatable bonds is 4. The molecule has 0 radical (unpaired) electrons. The quantitative estimate of drug-likeness (QED) is 0.490. The summed E-state index contributed by atoms with van der Waals surface area (Å²) in [6.45, 7) is 5.78. The van der Waals surface area contributed by atoms with Crippen molar-refractivity contribution in [3.05, 3.63) is 60.7 Å². The molecule has 0 fully saturated rings. The molecule has 3 nitrogen and oxygen atoms in total. The zero-order chi connectivity index (χ0) is 15.3. The van der Waals surface area contributed by atoms with E-state index in [1.807, 2.05) is 81.4 Å². The normalized spacial score (nSPS) is 12.5. The highest BCUT2D eigenvalue weighted by atomic mass is 31.2. The number of ether oxygens (including phenoxy) is 1. The molecule has 0 aromatic heterocycles. The van der Waals surface area contributed by atoms with Gasteiger partial charge in [-0.05, 0) is 45.0 Å². The van der Waals surface area contributed by atoms with Crippen LogP contribution in [-0.2, 0) is 9.30 Å². The summed E-state index contributed by atoms with van der Waals surface area (Å²) in [5, 5.41) is 1.40. The molecule has 4 heteroatoms. The van der Waals surface area contributed by atoms with Gasteiger partial charge in [-0.15, -0.1) is 0 Å². The van der Waals surface area contributed by atoms with Crippen LogP contribution in [0.2, 0.25) is 0 Å². The Balaban J connectivity index is 2.43. The third-order valence-corrected chi connectivity index (χ3v) is 5.24. The largest absolute Gasteiger partial charge is 0.478 e. The van der Waals surface area contributed by atoms with Crippen LogP contribution in [0.3, 0.4) is 0 Å². The lowest BCUT2D eigenvalue weighted by Crippen LogP contribution is -2.19. The van der Waals surface area contributed by atoms with Gasteiger partial charge in [0.15, 0.2) is 6.40 Å². The highest BCUT2D eigenvalue weighted by molar-refractivity contribution is 7.77. The van der Waals surface area contributed by atoms with Crippen molar-refractivity contribution in [2.75, 3.05) is 0 Å². The second kappa shape index (κ2) is 6.28. The fraction of sp³-hybridized carbons (Fsp3) is 0.235. The van der Waals surface area contributed by atoms with Gasteiger partial charge in [0, 0.05) is 10.6 Å². The van der Waals surface area contributed by atoms with E-state index in [0.717, 1.165) is 0 Å². The minimum atomic E-state index is -3.07. The van der Waals surface area contributed by atoms with Crippen LogP contribution in [0.4, 0.5) is 0 Å². The molecule has 0 bridgehead atoms. The molecular formula is C17H20NO2P. The molecule has 0 amide bonds. The molecule has 0 spiro atoms. The molecule has 2 aromatic rings. The van der Waals surface area contributed by atoms with Crippen LogP contribution in [0.5, 0.6) is 0 Å². The zero-order valence-corrected chi connectivity index (χ0v) is 13.5. The Morgan fingerprint density at radius 2 is 1.33 bits per heavy atom. The third-order valence-electron chi connectivity index (χ3n) is 2.83. The van der Waals surface area contributed by atoms with Gasteiger partial charge in [-0.2, -0.15) is 4.76 Å². The lowest BCUT2D eigenvalue weighted by Gasteiger charge is -2.19. The number of hydrogen-bond donors (Lipinski definition) is 0. The first-order valence-electron chi connectivity index (χ1n) is 6.85. The van der Waals surface area contributed by atoms with Gasteiger partial charge >= 0.3 is 0 Å². The minimum Gasteiger partial charge on any atom is -0.478 e. The Hall–Kier alpha value is -1.86. The number of benzene rings is 2. The fourth-order valence-electron chi connectivity index (χ4n) is 1.79. The first-order chi connectivity index (χ1) is 9.92. The van der Waals surface area contributed by atoms with Crippen LogP contribution < -0.4 is 10.6 Å². The molecular weight excluding hydrogens is 281 g/mol. The molecule has 0 saturated carbocycles. The minimum absolute atomic E-state index is 0.359. The molecule has 0 saturated heterocycles. The maximum atomic E-state index is 13.4. The highest BCUT2D eigenvalue weighted by Crippen LogP contribution is 2.44. The van der Waals surface area contributed by atoms with Gasteiger partial charge in [-0.1, -0.05) is 36.4 Å². The van der Waals surface area contributed by atoms with Gasteiger partial charge in [0.1, 0.15) is 5.60 Å². The van der Waals surface area contributed by atoms with Crippen molar-refractivity contribution in [3.63, 3.8) is 0 Å². The van der Waals surface area contributed by atoms with Gasteiger partial charge in [0.2, 0.25) is 7.29 Å². The van der Waals surface area contributed by atoms with Crippen molar-refractivity contribution in [3.8, 4) is 0 Å².